The van der Waals surface area contributed by atoms with Crippen molar-refractivity contribution in [1.82, 2.24) is 9.97 Å². The fourth-order valence-electron chi connectivity index (χ4n) is 1.44. The molecule has 0 aliphatic carbocycles. The van der Waals surface area contributed by atoms with Crippen molar-refractivity contribution in [2.75, 3.05) is 12.8 Å². The lowest BCUT2D eigenvalue weighted by atomic mass is 10.2. The predicted molar refractivity (Wildman–Crippen MR) is 64.2 cm³/mol. The number of anilines is 1. The molecule has 6 nitrogen and oxygen atoms in total. The second kappa shape index (κ2) is 5.18. The Bertz CT molecular complexity index is 655. The van der Waals surface area contributed by atoms with Crippen LogP contribution >= 0.6 is 0 Å². The van der Waals surface area contributed by atoms with Gasteiger partial charge in [-0.2, -0.15) is 10.2 Å². The van der Waals surface area contributed by atoms with E-state index >= 15 is 0 Å². The number of benzene rings is 1. The lowest BCUT2D eigenvalue weighted by Crippen LogP contribution is -2.01. The quantitative estimate of drug-likeness (QED) is 0.905. The van der Waals surface area contributed by atoms with E-state index in [1.165, 1.54) is 25.6 Å². The molecule has 2 N–H and O–H groups in total. The average molecular weight is 260 g/mol. The van der Waals surface area contributed by atoms with Crippen molar-refractivity contribution in [3.63, 3.8) is 0 Å². The minimum Gasteiger partial charge on any atom is -0.489 e. The third kappa shape index (κ3) is 2.37. The molecule has 1 aromatic carbocycles. The molecule has 1 aromatic heterocycles. The molecule has 0 amide bonds. The summed E-state index contributed by atoms with van der Waals surface area (Å²) in [4.78, 5) is 7.58. The first-order valence-corrected chi connectivity index (χ1v) is 5.18. The Morgan fingerprint density at radius 3 is 2.84 bits per heavy atom. The molecule has 2 rings (SSSR count). The van der Waals surface area contributed by atoms with E-state index in [1.807, 2.05) is 0 Å². The van der Waals surface area contributed by atoms with Crippen LogP contribution in [-0.4, -0.2) is 17.1 Å². The van der Waals surface area contributed by atoms with Gasteiger partial charge < -0.3 is 15.2 Å². The van der Waals surface area contributed by atoms with Crippen LogP contribution in [0.25, 0.3) is 0 Å². The van der Waals surface area contributed by atoms with Crippen LogP contribution in [0, 0.1) is 17.1 Å². The molecule has 0 atom stereocenters. The molecule has 0 saturated heterocycles. The Balaban J connectivity index is 2.46. The first kappa shape index (κ1) is 12.6. The van der Waals surface area contributed by atoms with E-state index in [4.69, 9.17) is 20.5 Å². The van der Waals surface area contributed by atoms with Crippen LogP contribution in [0.15, 0.2) is 24.5 Å². The number of hydrogen-bond donors (Lipinski definition) is 1. The molecule has 1 heterocycles. The highest BCUT2D eigenvalue weighted by Crippen LogP contribution is 2.34. The SMILES string of the molecule is COc1c(N)ncnc1Oc1cccc(F)c1C#N. The van der Waals surface area contributed by atoms with Gasteiger partial charge in [0, 0.05) is 0 Å². The van der Waals surface area contributed by atoms with Gasteiger partial charge in [0.15, 0.2) is 5.82 Å². The molecule has 7 heteroatoms. The molecular weight excluding hydrogens is 251 g/mol. The maximum atomic E-state index is 13.4. The van der Waals surface area contributed by atoms with Crippen molar-refractivity contribution in [2.24, 2.45) is 0 Å². The van der Waals surface area contributed by atoms with Crippen molar-refractivity contribution in [3.05, 3.63) is 35.9 Å². The summed E-state index contributed by atoms with van der Waals surface area (Å²) in [5, 5.41) is 8.90. The Morgan fingerprint density at radius 1 is 1.37 bits per heavy atom. The van der Waals surface area contributed by atoms with Crippen LogP contribution < -0.4 is 15.2 Å². The smallest absolute Gasteiger partial charge is 0.268 e. The van der Waals surface area contributed by atoms with E-state index in [9.17, 15) is 4.39 Å². The third-order valence-electron chi connectivity index (χ3n) is 2.30. The molecule has 0 radical (unpaired) electrons. The van der Waals surface area contributed by atoms with Gasteiger partial charge in [-0.1, -0.05) is 6.07 Å². The molecule has 2 aromatic rings. The van der Waals surface area contributed by atoms with Crippen molar-refractivity contribution in [1.29, 1.82) is 5.26 Å². The summed E-state index contributed by atoms with van der Waals surface area (Å²) in [7, 11) is 1.37. The summed E-state index contributed by atoms with van der Waals surface area (Å²) in [6, 6.07) is 5.75. The van der Waals surface area contributed by atoms with E-state index in [0.717, 1.165) is 6.07 Å². The zero-order valence-corrected chi connectivity index (χ0v) is 9.92. The number of nitrogens with two attached hydrogens (primary N) is 1. The van der Waals surface area contributed by atoms with E-state index in [0.29, 0.717) is 0 Å². The largest absolute Gasteiger partial charge is 0.489 e. The zero-order valence-electron chi connectivity index (χ0n) is 9.92. The number of rotatable bonds is 3. The van der Waals surface area contributed by atoms with Gasteiger partial charge in [-0.15, -0.1) is 0 Å². The van der Waals surface area contributed by atoms with Gasteiger partial charge in [0.25, 0.3) is 5.88 Å². The highest BCUT2D eigenvalue weighted by atomic mass is 19.1. The van der Waals surface area contributed by atoms with Crippen LogP contribution in [0.3, 0.4) is 0 Å². The number of nitrogens with zero attached hydrogens (tertiary/aromatic N) is 3. The van der Waals surface area contributed by atoms with Gasteiger partial charge in [0.1, 0.15) is 29.5 Å². The number of hydrogen-bond acceptors (Lipinski definition) is 6. The van der Waals surface area contributed by atoms with Crippen LogP contribution in [-0.2, 0) is 0 Å². The van der Waals surface area contributed by atoms with Gasteiger partial charge >= 0.3 is 0 Å². The standard InChI is InChI=1S/C12H9FN4O2/c1-18-10-11(15)16-6-17-12(10)19-9-4-2-3-8(13)7(9)5-14/h2-4,6H,1H3,(H2,15,16,17). The van der Waals surface area contributed by atoms with Crippen LogP contribution in [0.5, 0.6) is 17.4 Å². The monoisotopic (exact) mass is 260 g/mol. The lowest BCUT2D eigenvalue weighted by Gasteiger charge is -2.10. The summed E-state index contributed by atoms with van der Waals surface area (Å²) in [6.45, 7) is 0. The van der Waals surface area contributed by atoms with Crippen LogP contribution in [0.1, 0.15) is 5.56 Å². The number of methoxy groups -OCH3 is 1. The van der Waals surface area contributed by atoms with E-state index in [2.05, 4.69) is 9.97 Å². The van der Waals surface area contributed by atoms with Crippen LogP contribution in [0.2, 0.25) is 0 Å². The Hall–Kier alpha value is -2.88. The molecule has 0 aliphatic heterocycles. The second-order valence-corrected chi connectivity index (χ2v) is 3.42. The molecule has 0 unspecified atom stereocenters. The van der Waals surface area contributed by atoms with Gasteiger partial charge in [0.2, 0.25) is 5.75 Å². The maximum absolute atomic E-state index is 13.4. The fraction of sp³-hybridized carbons (Fsp3) is 0.0833. The van der Waals surface area contributed by atoms with E-state index < -0.39 is 5.82 Å². The first-order chi connectivity index (χ1) is 9.17. The predicted octanol–water partition coefficient (Wildman–Crippen LogP) is 1.87. The highest BCUT2D eigenvalue weighted by Gasteiger charge is 2.15. The fourth-order valence-corrected chi connectivity index (χ4v) is 1.44. The number of halogens is 1. The average Bonchev–Trinajstić information content (AvgIpc) is 2.39. The number of aromatic nitrogens is 2. The first-order valence-electron chi connectivity index (χ1n) is 5.18. The van der Waals surface area contributed by atoms with Crippen molar-refractivity contribution >= 4 is 5.82 Å². The minimum atomic E-state index is -0.680. The molecule has 0 spiro atoms. The summed E-state index contributed by atoms with van der Waals surface area (Å²) in [6.07, 6.45) is 1.18. The molecular formula is C12H9FN4O2. The molecule has 0 aliphatic rings. The summed E-state index contributed by atoms with van der Waals surface area (Å²) in [5.74, 6) is -0.435. The molecule has 0 bridgehead atoms. The molecule has 0 fully saturated rings. The topological polar surface area (TPSA) is 94.1 Å². The van der Waals surface area contributed by atoms with Crippen LogP contribution in [0.4, 0.5) is 10.2 Å². The summed E-state index contributed by atoms with van der Waals surface area (Å²) in [5.41, 5.74) is 5.37. The zero-order chi connectivity index (χ0) is 13.8. The van der Waals surface area contributed by atoms with Gasteiger partial charge in [0.05, 0.1) is 7.11 Å². The van der Waals surface area contributed by atoms with Gasteiger partial charge in [-0.3, -0.25) is 0 Å². The number of nitriles is 1. The van der Waals surface area contributed by atoms with E-state index in [1.54, 1.807) is 6.07 Å². The van der Waals surface area contributed by atoms with Gasteiger partial charge in [-0.25, -0.2) is 9.37 Å². The Labute approximate surface area is 108 Å². The van der Waals surface area contributed by atoms with E-state index in [-0.39, 0.29) is 28.8 Å². The lowest BCUT2D eigenvalue weighted by molar-refractivity contribution is 0.368. The number of ether oxygens (including phenoxy) is 2. The summed E-state index contributed by atoms with van der Waals surface area (Å²) < 4.78 is 23.8. The molecule has 0 saturated carbocycles. The van der Waals surface area contributed by atoms with Crippen molar-refractivity contribution in [3.8, 4) is 23.4 Å². The van der Waals surface area contributed by atoms with Gasteiger partial charge in [-0.05, 0) is 12.1 Å². The molecule has 96 valence electrons. The minimum absolute atomic E-state index is 0.0112. The van der Waals surface area contributed by atoms with Crippen molar-refractivity contribution in [2.45, 2.75) is 0 Å². The number of nitrogen functional groups attached to an aromatic ring is 1. The Morgan fingerprint density at radius 2 is 2.16 bits per heavy atom. The highest BCUT2D eigenvalue weighted by molar-refractivity contribution is 5.54. The molecule has 19 heavy (non-hydrogen) atoms. The Kier molecular flexibility index (Phi) is 3.43. The third-order valence-corrected chi connectivity index (χ3v) is 2.30. The van der Waals surface area contributed by atoms with Crippen molar-refractivity contribution < 1.29 is 13.9 Å². The maximum Gasteiger partial charge on any atom is 0.268 e. The normalized spacial score (nSPS) is 9.74. The summed E-state index contributed by atoms with van der Waals surface area (Å²) >= 11 is 0. The second-order valence-electron chi connectivity index (χ2n) is 3.42.